The molecule has 2 saturated heterocycles. The lowest BCUT2D eigenvalue weighted by Crippen LogP contribution is -2.37. The number of methoxy groups -OCH3 is 1. The summed E-state index contributed by atoms with van der Waals surface area (Å²) < 4.78 is 32.3. The van der Waals surface area contributed by atoms with Crippen LogP contribution in [0.4, 0.5) is 5.69 Å². The first-order chi connectivity index (χ1) is 15.4. The number of carbonyl (C=O) groups is 2. The summed E-state index contributed by atoms with van der Waals surface area (Å²) in [7, 11) is -1.97. The van der Waals surface area contributed by atoms with Gasteiger partial charge in [0, 0.05) is 43.4 Å². The molecule has 170 valence electrons. The number of sulfonamides is 1. The van der Waals surface area contributed by atoms with Gasteiger partial charge in [0.2, 0.25) is 15.9 Å². The number of ether oxygens (including phenoxy) is 1. The summed E-state index contributed by atoms with van der Waals surface area (Å²) in [5, 5.41) is 2.88. The topological polar surface area (TPSA) is 96.0 Å². The normalized spacial score (nSPS) is 19.7. The van der Waals surface area contributed by atoms with Crippen molar-refractivity contribution in [3.05, 3.63) is 54.1 Å². The van der Waals surface area contributed by atoms with E-state index in [4.69, 9.17) is 4.74 Å². The lowest BCUT2D eigenvalue weighted by atomic mass is 10.2. The van der Waals surface area contributed by atoms with E-state index in [0.29, 0.717) is 30.9 Å². The van der Waals surface area contributed by atoms with E-state index >= 15 is 0 Å². The molecule has 0 aliphatic carbocycles. The first-order valence-electron chi connectivity index (χ1n) is 10.7. The molecule has 1 N–H and O–H groups in total. The third-order valence-corrected chi connectivity index (χ3v) is 7.81. The predicted molar refractivity (Wildman–Crippen MR) is 120 cm³/mol. The molecule has 0 radical (unpaired) electrons. The zero-order valence-corrected chi connectivity index (χ0v) is 18.8. The molecule has 2 aromatic carbocycles. The van der Waals surface area contributed by atoms with Crippen LogP contribution in [0.1, 0.15) is 36.0 Å². The highest BCUT2D eigenvalue weighted by molar-refractivity contribution is 7.89. The Balaban J connectivity index is 1.40. The zero-order chi connectivity index (χ0) is 22.7. The van der Waals surface area contributed by atoms with E-state index in [1.807, 2.05) is 12.1 Å². The Morgan fingerprint density at radius 3 is 2.47 bits per heavy atom. The predicted octanol–water partition coefficient (Wildman–Crippen LogP) is 2.41. The van der Waals surface area contributed by atoms with Gasteiger partial charge in [0.05, 0.1) is 18.0 Å². The average molecular weight is 458 g/mol. The Hall–Kier alpha value is -2.91. The quantitative estimate of drug-likeness (QED) is 0.719. The first-order valence-corrected chi connectivity index (χ1v) is 12.2. The molecular formula is C23H27N3O5S. The van der Waals surface area contributed by atoms with E-state index in [-0.39, 0.29) is 29.2 Å². The van der Waals surface area contributed by atoms with Gasteiger partial charge in [-0.25, -0.2) is 8.42 Å². The van der Waals surface area contributed by atoms with Crippen LogP contribution in [0.15, 0.2) is 53.4 Å². The second kappa shape index (κ2) is 9.30. The molecule has 1 atom stereocenters. The van der Waals surface area contributed by atoms with Crippen LogP contribution in [0.2, 0.25) is 0 Å². The van der Waals surface area contributed by atoms with Crippen molar-refractivity contribution in [1.82, 2.24) is 9.62 Å². The first kappa shape index (κ1) is 22.3. The third kappa shape index (κ3) is 4.63. The molecule has 8 nitrogen and oxygen atoms in total. The second-order valence-electron chi connectivity index (χ2n) is 8.07. The fraction of sp³-hybridized carbons (Fsp3) is 0.391. The minimum Gasteiger partial charge on any atom is -0.497 e. The van der Waals surface area contributed by atoms with Crippen molar-refractivity contribution >= 4 is 27.5 Å². The number of amides is 2. The van der Waals surface area contributed by atoms with E-state index in [1.54, 1.807) is 24.1 Å². The number of nitrogens with zero attached hydrogens (tertiary/aromatic N) is 2. The Kier molecular flexibility index (Phi) is 6.48. The Bertz CT molecular complexity index is 1090. The highest BCUT2D eigenvalue weighted by Gasteiger charge is 2.32. The lowest BCUT2D eigenvalue weighted by molar-refractivity contribution is -0.117. The number of rotatable bonds is 6. The van der Waals surface area contributed by atoms with Gasteiger partial charge in [-0.15, -0.1) is 0 Å². The summed E-state index contributed by atoms with van der Waals surface area (Å²) >= 11 is 0. The molecule has 0 spiro atoms. The van der Waals surface area contributed by atoms with Crippen LogP contribution in [0, 0.1) is 0 Å². The summed E-state index contributed by atoms with van der Waals surface area (Å²) in [5.41, 5.74) is 1.08. The van der Waals surface area contributed by atoms with Crippen molar-refractivity contribution in [3.63, 3.8) is 0 Å². The number of piperidine rings is 1. The molecule has 0 aromatic heterocycles. The zero-order valence-electron chi connectivity index (χ0n) is 18.0. The Morgan fingerprint density at radius 1 is 1.06 bits per heavy atom. The maximum absolute atomic E-state index is 12.8. The standard InChI is InChI=1S/C23H27N3O5S/c1-31-20-7-5-6-19(15-20)26-16-18(14-22(26)27)24-23(28)17-8-10-21(11-9-17)32(29,30)25-12-3-2-4-13-25/h5-11,15,18H,2-4,12-14,16H2,1H3,(H,24,28). The number of benzene rings is 2. The number of carbonyl (C=O) groups excluding carboxylic acids is 2. The molecule has 9 heteroatoms. The monoisotopic (exact) mass is 457 g/mol. The number of hydrogen-bond acceptors (Lipinski definition) is 5. The average Bonchev–Trinajstić information content (AvgIpc) is 3.19. The van der Waals surface area contributed by atoms with Crippen LogP contribution < -0.4 is 15.0 Å². The van der Waals surface area contributed by atoms with Gasteiger partial charge in [-0.1, -0.05) is 12.5 Å². The molecule has 2 aliphatic rings. The van der Waals surface area contributed by atoms with Gasteiger partial charge in [-0.2, -0.15) is 4.31 Å². The lowest BCUT2D eigenvalue weighted by Gasteiger charge is -2.25. The maximum Gasteiger partial charge on any atom is 0.251 e. The largest absolute Gasteiger partial charge is 0.497 e. The van der Waals surface area contributed by atoms with Crippen LogP contribution >= 0.6 is 0 Å². The SMILES string of the molecule is COc1cccc(N2CC(NC(=O)c3ccc(S(=O)(=O)N4CCCCC4)cc3)CC2=O)c1. The van der Waals surface area contributed by atoms with Crippen molar-refractivity contribution in [1.29, 1.82) is 0 Å². The second-order valence-corrected chi connectivity index (χ2v) is 10.0. The van der Waals surface area contributed by atoms with Crippen molar-refractivity contribution in [3.8, 4) is 5.75 Å². The molecule has 2 fully saturated rings. The third-order valence-electron chi connectivity index (χ3n) is 5.89. The van der Waals surface area contributed by atoms with Gasteiger partial charge >= 0.3 is 0 Å². The number of nitrogens with one attached hydrogen (secondary N) is 1. The Labute approximate surface area is 188 Å². The molecule has 0 saturated carbocycles. The molecule has 2 heterocycles. The van der Waals surface area contributed by atoms with Crippen molar-refractivity contribution < 1.29 is 22.7 Å². The maximum atomic E-state index is 12.8. The van der Waals surface area contributed by atoms with Gasteiger partial charge < -0.3 is 15.0 Å². The van der Waals surface area contributed by atoms with E-state index in [9.17, 15) is 18.0 Å². The van der Waals surface area contributed by atoms with E-state index < -0.39 is 10.0 Å². The van der Waals surface area contributed by atoms with Gasteiger partial charge in [-0.3, -0.25) is 9.59 Å². The molecule has 2 aliphatic heterocycles. The highest BCUT2D eigenvalue weighted by Crippen LogP contribution is 2.26. The fourth-order valence-corrected chi connectivity index (χ4v) is 5.65. The minimum absolute atomic E-state index is 0.0773. The molecule has 2 amide bonds. The van der Waals surface area contributed by atoms with E-state index in [0.717, 1.165) is 24.9 Å². The van der Waals surface area contributed by atoms with Gasteiger partial charge in [0.25, 0.3) is 5.91 Å². The van der Waals surface area contributed by atoms with Crippen LogP contribution in [-0.2, 0) is 14.8 Å². The van der Waals surface area contributed by atoms with Crippen LogP contribution in [0.25, 0.3) is 0 Å². The molecular weight excluding hydrogens is 430 g/mol. The van der Waals surface area contributed by atoms with Gasteiger partial charge in [0.1, 0.15) is 5.75 Å². The highest BCUT2D eigenvalue weighted by atomic mass is 32.2. The summed E-state index contributed by atoms with van der Waals surface area (Å²) in [6.07, 6.45) is 2.98. The van der Waals surface area contributed by atoms with Crippen LogP contribution in [-0.4, -0.2) is 57.3 Å². The van der Waals surface area contributed by atoms with Crippen molar-refractivity contribution in [2.24, 2.45) is 0 Å². The summed E-state index contributed by atoms with van der Waals surface area (Å²) in [6.45, 7) is 1.42. The summed E-state index contributed by atoms with van der Waals surface area (Å²) in [4.78, 5) is 27.0. The van der Waals surface area contributed by atoms with Gasteiger partial charge in [-0.05, 0) is 49.2 Å². The fourth-order valence-electron chi connectivity index (χ4n) is 4.13. The van der Waals surface area contributed by atoms with Crippen LogP contribution in [0.5, 0.6) is 5.75 Å². The Morgan fingerprint density at radius 2 is 1.78 bits per heavy atom. The van der Waals surface area contributed by atoms with E-state index in [1.165, 1.54) is 28.6 Å². The summed E-state index contributed by atoms with van der Waals surface area (Å²) in [6, 6.07) is 12.9. The van der Waals surface area contributed by atoms with Gasteiger partial charge in [0.15, 0.2) is 0 Å². The molecule has 1 unspecified atom stereocenters. The molecule has 2 aromatic rings. The van der Waals surface area contributed by atoms with Crippen LogP contribution in [0.3, 0.4) is 0 Å². The van der Waals surface area contributed by atoms with E-state index in [2.05, 4.69) is 5.32 Å². The van der Waals surface area contributed by atoms with Crippen molar-refractivity contribution in [2.75, 3.05) is 31.6 Å². The molecule has 0 bridgehead atoms. The number of anilines is 1. The van der Waals surface area contributed by atoms with Crippen molar-refractivity contribution in [2.45, 2.75) is 36.6 Å². The summed E-state index contributed by atoms with van der Waals surface area (Å²) in [5.74, 6) is 0.242. The molecule has 4 rings (SSSR count). The smallest absolute Gasteiger partial charge is 0.251 e. The minimum atomic E-state index is -3.54. The number of hydrogen-bond donors (Lipinski definition) is 1. The molecule has 32 heavy (non-hydrogen) atoms.